The first-order valence-electron chi connectivity index (χ1n) is 5.53. The van der Waals surface area contributed by atoms with Crippen LogP contribution in [0.4, 0.5) is 4.39 Å². The van der Waals surface area contributed by atoms with Crippen LogP contribution >= 0.6 is 27.5 Å². The molecule has 0 unspecified atom stereocenters. The van der Waals surface area contributed by atoms with Crippen molar-refractivity contribution in [2.75, 3.05) is 0 Å². The Hall–Kier alpha value is -0.900. The van der Waals surface area contributed by atoms with Crippen molar-refractivity contribution in [3.05, 3.63) is 68.9 Å². The molecule has 2 aromatic carbocycles. The van der Waals surface area contributed by atoms with Gasteiger partial charge >= 0.3 is 0 Å². The van der Waals surface area contributed by atoms with Crippen LogP contribution in [0, 0.1) is 5.82 Å². The summed E-state index contributed by atoms with van der Waals surface area (Å²) in [6.45, 7) is 1.32. The summed E-state index contributed by atoms with van der Waals surface area (Å²) in [6, 6.07) is 12.6. The van der Waals surface area contributed by atoms with Crippen molar-refractivity contribution in [1.29, 1.82) is 0 Å². The second-order valence-electron chi connectivity index (χ2n) is 4.01. The molecule has 1 N–H and O–H groups in total. The molecule has 0 saturated heterocycles. The minimum absolute atomic E-state index is 0.304. The van der Waals surface area contributed by atoms with Gasteiger partial charge in [-0.2, -0.15) is 0 Å². The summed E-state index contributed by atoms with van der Waals surface area (Å²) >= 11 is 9.22. The summed E-state index contributed by atoms with van der Waals surface area (Å²) in [4.78, 5) is 0. The van der Waals surface area contributed by atoms with E-state index in [1.807, 2.05) is 24.3 Å². The first-order chi connectivity index (χ1) is 8.63. The Morgan fingerprint density at radius 3 is 2.56 bits per heavy atom. The van der Waals surface area contributed by atoms with E-state index in [0.29, 0.717) is 11.6 Å². The van der Waals surface area contributed by atoms with Gasteiger partial charge in [-0.3, -0.25) is 0 Å². The third kappa shape index (κ3) is 4.09. The third-order valence-electron chi connectivity index (χ3n) is 2.47. The zero-order valence-electron chi connectivity index (χ0n) is 9.59. The Morgan fingerprint density at radius 1 is 1.06 bits per heavy atom. The summed E-state index contributed by atoms with van der Waals surface area (Å²) in [5.41, 5.74) is 2.02. The Kier molecular flexibility index (Phi) is 4.75. The number of nitrogens with one attached hydrogen (secondary N) is 1. The Labute approximate surface area is 119 Å². The van der Waals surface area contributed by atoms with Crippen molar-refractivity contribution in [2.45, 2.75) is 13.1 Å². The van der Waals surface area contributed by atoms with Gasteiger partial charge in [0, 0.05) is 22.6 Å². The Bertz CT molecular complexity index is 525. The summed E-state index contributed by atoms with van der Waals surface area (Å²) in [7, 11) is 0. The van der Waals surface area contributed by atoms with E-state index in [2.05, 4.69) is 21.2 Å². The smallest absolute Gasteiger partial charge is 0.125 e. The largest absolute Gasteiger partial charge is 0.309 e. The Balaban J connectivity index is 1.92. The van der Waals surface area contributed by atoms with E-state index in [4.69, 9.17) is 11.6 Å². The van der Waals surface area contributed by atoms with Gasteiger partial charge in [-0.05, 0) is 41.5 Å². The highest BCUT2D eigenvalue weighted by molar-refractivity contribution is 9.10. The van der Waals surface area contributed by atoms with Crippen LogP contribution in [0.25, 0.3) is 0 Å². The number of halogens is 3. The fraction of sp³-hybridized carbons (Fsp3) is 0.143. The van der Waals surface area contributed by atoms with Crippen molar-refractivity contribution >= 4 is 27.5 Å². The van der Waals surface area contributed by atoms with E-state index >= 15 is 0 Å². The van der Waals surface area contributed by atoms with Gasteiger partial charge in [-0.15, -0.1) is 0 Å². The average molecular weight is 329 g/mol. The fourth-order valence-electron chi connectivity index (χ4n) is 1.71. The van der Waals surface area contributed by atoms with E-state index in [9.17, 15) is 4.39 Å². The second-order valence-corrected chi connectivity index (χ2v) is 5.36. The maximum absolute atomic E-state index is 13.1. The molecule has 94 valence electrons. The first kappa shape index (κ1) is 13.5. The van der Waals surface area contributed by atoms with Crippen LogP contribution in [0.15, 0.2) is 46.9 Å². The highest BCUT2D eigenvalue weighted by atomic mass is 79.9. The van der Waals surface area contributed by atoms with Gasteiger partial charge < -0.3 is 5.32 Å². The van der Waals surface area contributed by atoms with E-state index in [1.165, 1.54) is 17.7 Å². The normalized spacial score (nSPS) is 10.6. The van der Waals surface area contributed by atoms with Crippen LogP contribution in [0.1, 0.15) is 11.1 Å². The second kappa shape index (κ2) is 6.32. The van der Waals surface area contributed by atoms with Crippen LogP contribution in [-0.2, 0) is 13.1 Å². The van der Waals surface area contributed by atoms with Crippen molar-refractivity contribution in [3.8, 4) is 0 Å². The molecule has 0 fully saturated rings. The molecule has 1 nitrogen and oxygen atoms in total. The number of hydrogen-bond donors (Lipinski definition) is 1. The first-order valence-corrected chi connectivity index (χ1v) is 6.71. The van der Waals surface area contributed by atoms with Crippen molar-refractivity contribution in [2.24, 2.45) is 0 Å². The van der Waals surface area contributed by atoms with Crippen molar-refractivity contribution in [1.82, 2.24) is 5.32 Å². The molecule has 0 aliphatic heterocycles. The molecular weight excluding hydrogens is 317 g/mol. The standard InChI is InChI=1S/C14H12BrClFN/c15-12-3-1-2-10(4-12)8-18-9-11-5-13(16)7-14(17)6-11/h1-7,18H,8-9H2. The van der Waals surface area contributed by atoms with Gasteiger partial charge in [-0.1, -0.05) is 39.7 Å². The lowest BCUT2D eigenvalue weighted by Gasteiger charge is -2.06. The maximum Gasteiger partial charge on any atom is 0.125 e. The van der Waals surface area contributed by atoms with E-state index in [0.717, 1.165) is 16.6 Å². The molecule has 0 spiro atoms. The highest BCUT2D eigenvalue weighted by Crippen LogP contribution is 2.14. The van der Waals surface area contributed by atoms with Gasteiger partial charge in [0.1, 0.15) is 5.82 Å². The quantitative estimate of drug-likeness (QED) is 0.869. The van der Waals surface area contributed by atoms with E-state index < -0.39 is 0 Å². The predicted octanol–water partition coefficient (Wildman–Crippen LogP) is 4.53. The predicted molar refractivity (Wildman–Crippen MR) is 76.1 cm³/mol. The van der Waals surface area contributed by atoms with Crippen LogP contribution in [-0.4, -0.2) is 0 Å². The molecule has 0 aliphatic carbocycles. The number of hydrogen-bond acceptors (Lipinski definition) is 1. The molecule has 4 heteroatoms. The third-order valence-corrected chi connectivity index (χ3v) is 3.18. The lowest BCUT2D eigenvalue weighted by atomic mass is 10.2. The summed E-state index contributed by atoms with van der Waals surface area (Å²) in [5, 5.41) is 3.68. The van der Waals surface area contributed by atoms with Crippen molar-refractivity contribution in [3.63, 3.8) is 0 Å². The maximum atomic E-state index is 13.1. The minimum Gasteiger partial charge on any atom is -0.309 e. The molecule has 2 aromatic rings. The van der Waals surface area contributed by atoms with Gasteiger partial charge in [0.25, 0.3) is 0 Å². The van der Waals surface area contributed by atoms with E-state index in [-0.39, 0.29) is 5.82 Å². The molecule has 0 radical (unpaired) electrons. The average Bonchev–Trinajstić information content (AvgIpc) is 2.27. The molecule has 0 amide bonds. The summed E-state index contributed by atoms with van der Waals surface area (Å²) < 4.78 is 14.2. The topological polar surface area (TPSA) is 12.0 Å². The van der Waals surface area contributed by atoms with Gasteiger partial charge in [0.05, 0.1) is 0 Å². The molecule has 0 atom stereocenters. The number of benzene rings is 2. The number of rotatable bonds is 4. The van der Waals surface area contributed by atoms with Crippen LogP contribution in [0.3, 0.4) is 0 Å². The molecule has 0 bridgehead atoms. The fourth-order valence-corrected chi connectivity index (χ4v) is 2.40. The van der Waals surface area contributed by atoms with E-state index in [1.54, 1.807) is 6.07 Å². The monoisotopic (exact) mass is 327 g/mol. The van der Waals surface area contributed by atoms with Crippen LogP contribution in [0.5, 0.6) is 0 Å². The minimum atomic E-state index is -0.304. The molecule has 0 saturated carbocycles. The summed E-state index contributed by atoms with van der Waals surface area (Å²) in [5.74, 6) is -0.304. The molecule has 18 heavy (non-hydrogen) atoms. The molecule has 0 aliphatic rings. The molecule has 0 heterocycles. The van der Waals surface area contributed by atoms with Crippen molar-refractivity contribution < 1.29 is 4.39 Å². The SMILES string of the molecule is Fc1cc(Cl)cc(CNCc2cccc(Br)c2)c1. The van der Waals surface area contributed by atoms with Gasteiger partial charge in [0.2, 0.25) is 0 Å². The molecule has 2 rings (SSSR count). The summed E-state index contributed by atoms with van der Waals surface area (Å²) in [6.07, 6.45) is 0. The lowest BCUT2D eigenvalue weighted by molar-refractivity contribution is 0.620. The zero-order chi connectivity index (χ0) is 13.0. The van der Waals surface area contributed by atoms with Gasteiger partial charge in [-0.25, -0.2) is 4.39 Å². The zero-order valence-corrected chi connectivity index (χ0v) is 11.9. The highest BCUT2D eigenvalue weighted by Gasteiger charge is 1.99. The van der Waals surface area contributed by atoms with Gasteiger partial charge in [0.15, 0.2) is 0 Å². The lowest BCUT2D eigenvalue weighted by Crippen LogP contribution is -2.12. The van der Waals surface area contributed by atoms with Crippen LogP contribution < -0.4 is 5.32 Å². The Morgan fingerprint density at radius 2 is 1.83 bits per heavy atom. The van der Waals surface area contributed by atoms with Crippen LogP contribution in [0.2, 0.25) is 5.02 Å². The molecule has 0 aromatic heterocycles. The molecular formula is C14H12BrClFN.